The summed E-state index contributed by atoms with van der Waals surface area (Å²) in [4.78, 5) is 17.0. The van der Waals surface area contributed by atoms with E-state index in [2.05, 4.69) is 13.0 Å². The molecule has 0 saturated heterocycles. The zero-order chi connectivity index (χ0) is 26.6. The van der Waals surface area contributed by atoms with Gasteiger partial charge in [0, 0.05) is 39.2 Å². The summed E-state index contributed by atoms with van der Waals surface area (Å²) >= 11 is 1.69. The molecule has 0 bridgehead atoms. The smallest absolute Gasteiger partial charge is 0.264 e. The molecular weight excluding hydrogens is 500 g/mol. The van der Waals surface area contributed by atoms with Crippen LogP contribution in [0.15, 0.2) is 77.7 Å². The van der Waals surface area contributed by atoms with Crippen molar-refractivity contribution in [3.63, 3.8) is 0 Å². The molecule has 0 atom stereocenters. The quantitative estimate of drug-likeness (QED) is 0.205. The predicted octanol–water partition coefficient (Wildman–Crippen LogP) is 6.54. The molecule has 4 rings (SSSR count). The zero-order valence-corrected chi connectivity index (χ0v) is 23.5. The van der Waals surface area contributed by atoms with E-state index >= 15 is 0 Å². The lowest BCUT2D eigenvalue weighted by Gasteiger charge is -2.26. The second-order valence-electron chi connectivity index (χ2n) is 9.57. The van der Waals surface area contributed by atoms with Gasteiger partial charge >= 0.3 is 0 Å². The number of hydrogen-bond donors (Lipinski definition) is 0. The molecule has 0 aliphatic carbocycles. The minimum atomic E-state index is -3.77. The van der Waals surface area contributed by atoms with Gasteiger partial charge in [-0.25, -0.2) is 8.42 Å². The molecule has 5 nitrogen and oxygen atoms in total. The van der Waals surface area contributed by atoms with Gasteiger partial charge in [-0.05, 0) is 76.3 Å². The van der Waals surface area contributed by atoms with Gasteiger partial charge in [0.15, 0.2) is 5.78 Å². The maximum absolute atomic E-state index is 13.7. The van der Waals surface area contributed by atoms with Crippen molar-refractivity contribution in [1.29, 1.82) is 0 Å². The first-order valence-corrected chi connectivity index (χ1v) is 14.9. The number of anilines is 1. The summed E-state index contributed by atoms with van der Waals surface area (Å²) in [6.45, 7) is 4.95. The van der Waals surface area contributed by atoms with Crippen molar-refractivity contribution in [2.45, 2.75) is 38.0 Å². The van der Waals surface area contributed by atoms with Gasteiger partial charge in [0.1, 0.15) is 0 Å². The van der Waals surface area contributed by atoms with E-state index < -0.39 is 10.0 Å². The molecule has 0 fully saturated rings. The number of sulfonamides is 1. The van der Waals surface area contributed by atoms with Crippen LogP contribution in [0.5, 0.6) is 0 Å². The molecule has 3 aromatic carbocycles. The number of thiophene rings is 1. The first kappa shape index (κ1) is 27.0. The highest BCUT2D eigenvalue weighted by molar-refractivity contribution is 7.92. The number of benzene rings is 3. The summed E-state index contributed by atoms with van der Waals surface area (Å²) in [7, 11) is 0.0676. The Morgan fingerprint density at radius 1 is 0.892 bits per heavy atom. The third-order valence-electron chi connectivity index (χ3n) is 6.43. The first-order valence-electron chi connectivity index (χ1n) is 12.6. The minimum Gasteiger partial charge on any atom is -0.308 e. The highest BCUT2D eigenvalue weighted by atomic mass is 32.2. The number of rotatable bonds is 11. The molecule has 1 heterocycles. The third-order valence-corrected chi connectivity index (χ3v) is 9.50. The molecule has 1 aromatic heterocycles. The van der Waals surface area contributed by atoms with Crippen molar-refractivity contribution in [2.24, 2.45) is 0 Å². The summed E-state index contributed by atoms with van der Waals surface area (Å²) < 4.78 is 29.7. The van der Waals surface area contributed by atoms with Crippen molar-refractivity contribution in [3.05, 3.63) is 94.4 Å². The van der Waals surface area contributed by atoms with Crippen molar-refractivity contribution in [1.82, 2.24) is 4.90 Å². The van der Waals surface area contributed by atoms with Crippen LogP contribution < -0.4 is 4.31 Å². The first-order chi connectivity index (χ1) is 17.7. The number of carbonyl (C=O) groups is 1. The fourth-order valence-electron chi connectivity index (χ4n) is 4.30. The summed E-state index contributed by atoms with van der Waals surface area (Å²) in [5, 5.41) is 0.988. The van der Waals surface area contributed by atoms with Gasteiger partial charge in [0.25, 0.3) is 10.0 Å². The van der Waals surface area contributed by atoms with Gasteiger partial charge in [-0.1, -0.05) is 49.2 Å². The molecule has 7 heteroatoms. The number of nitrogens with zero attached hydrogens (tertiary/aromatic N) is 2. The van der Waals surface area contributed by atoms with Crippen molar-refractivity contribution in [2.75, 3.05) is 31.5 Å². The molecule has 4 aromatic rings. The largest absolute Gasteiger partial charge is 0.308 e. The minimum absolute atomic E-state index is 0.0173. The monoisotopic (exact) mass is 534 g/mol. The predicted molar refractivity (Wildman–Crippen MR) is 155 cm³/mol. The van der Waals surface area contributed by atoms with Crippen molar-refractivity contribution < 1.29 is 13.2 Å². The molecule has 0 spiro atoms. The Morgan fingerprint density at radius 2 is 1.57 bits per heavy atom. The third kappa shape index (κ3) is 5.95. The van der Waals surface area contributed by atoms with Crippen LogP contribution in [0.4, 0.5) is 5.69 Å². The topological polar surface area (TPSA) is 57.7 Å². The Kier molecular flexibility index (Phi) is 8.47. The zero-order valence-electron chi connectivity index (χ0n) is 21.9. The van der Waals surface area contributed by atoms with Gasteiger partial charge in [0.2, 0.25) is 0 Å². The maximum Gasteiger partial charge on any atom is 0.264 e. The number of likely N-dealkylation sites (N-methyl/N-ethyl adjacent to an activating group) is 1. The average molecular weight is 535 g/mol. The van der Waals surface area contributed by atoms with Crippen LogP contribution in [0.2, 0.25) is 0 Å². The Bertz CT molecular complexity index is 1470. The second kappa shape index (κ2) is 11.6. The fraction of sp³-hybridized carbons (Fsp3) is 0.300. The van der Waals surface area contributed by atoms with Gasteiger partial charge in [-0.15, -0.1) is 11.3 Å². The van der Waals surface area contributed by atoms with Gasteiger partial charge in [-0.2, -0.15) is 0 Å². The van der Waals surface area contributed by atoms with E-state index in [1.54, 1.807) is 59.9 Å². The van der Waals surface area contributed by atoms with Crippen LogP contribution in [0, 0.1) is 6.92 Å². The number of unbranched alkanes of at least 4 members (excludes halogenated alkanes) is 1. The van der Waals surface area contributed by atoms with E-state index in [-0.39, 0.29) is 10.7 Å². The fourth-order valence-corrected chi connectivity index (χ4v) is 7.00. The van der Waals surface area contributed by atoms with Crippen molar-refractivity contribution >= 4 is 42.9 Å². The van der Waals surface area contributed by atoms with Crippen molar-refractivity contribution in [3.8, 4) is 0 Å². The molecule has 0 radical (unpaired) electrons. The van der Waals surface area contributed by atoms with Crippen LogP contribution >= 0.6 is 11.3 Å². The molecule has 37 heavy (non-hydrogen) atoms. The molecule has 0 aliphatic heterocycles. The van der Waals surface area contributed by atoms with Gasteiger partial charge < -0.3 is 4.90 Å². The lowest BCUT2D eigenvalue weighted by Crippen LogP contribution is -2.36. The van der Waals surface area contributed by atoms with E-state index in [0.29, 0.717) is 24.3 Å². The second-order valence-corrected chi connectivity index (χ2v) is 12.6. The van der Waals surface area contributed by atoms with E-state index in [0.717, 1.165) is 45.4 Å². The molecule has 194 valence electrons. The summed E-state index contributed by atoms with van der Waals surface area (Å²) in [5.74, 6) is -0.0173. The van der Waals surface area contributed by atoms with E-state index in [1.807, 2.05) is 44.1 Å². The Balaban J connectivity index is 1.69. The molecule has 0 N–H and O–H groups in total. The Hall–Kier alpha value is -3.00. The van der Waals surface area contributed by atoms with Crippen LogP contribution in [0.25, 0.3) is 10.1 Å². The van der Waals surface area contributed by atoms with Gasteiger partial charge in [0.05, 0.1) is 10.6 Å². The lowest BCUT2D eigenvalue weighted by atomic mass is 9.98. The molecular formula is C30H34N2O3S2. The molecule has 0 unspecified atom stereocenters. The molecule has 0 aliphatic rings. The maximum atomic E-state index is 13.7. The number of ketones is 1. The number of hydrogen-bond acceptors (Lipinski definition) is 5. The average Bonchev–Trinajstić information content (AvgIpc) is 3.25. The van der Waals surface area contributed by atoms with E-state index in [9.17, 15) is 13.2 Å². The van der Waals surface area contributed by atoms with E-state index in [1.165, 1.54) is 4.31 Å². The van der Waals surface area contributed by atoms with Crippen LogP contribution in [0.3, 0.4) is 0 Å². The normalized spacial score (nSPS) is 11.8. The molecule has 0 saturated carbocycles. The number of carbonyl (C=O) groups excluding carboxylic acids is 1. The highest BCUT2D eigenvalue weighted by Crippen LogP contribution is 2.34. The summed E-state index contributed by atoms with van der Waals surface area (Å²) in [6.07, 6.45) is 2.97. The van der Waals surface area contributed by atoms with Gasteiger partial charge in [-0.3, -0.25) is 9.10 Å². The summed E-state index contributed by atoms with van der Waals surface area (Å²) in [5.41, 5.74) is 2.88. The van der Waals surface area contributed by atoms with Crippen LogP contribution in [0.1, 0.15) is 46.1 Å². The summed E-state index contributed by atoms with van der Waals surface area (Å²) in [6, 6.07) is 21.9. The molecule has 0 amide bonds. The lowest BCUT2D eigenvalue weighted by molar-refractivity contribution is 0.104. The number of aryl methyl sites for hydroxylation is 2. The highest BCUT2D eigenvalue weighted by Gasteiger charge is 2.26. The van der Waals surface area contributed by atoms with Crippen LogP contribution in [-0.2, 0) is 16.4 Å². The Morgan fingerprint density at radius 3 is 2.22 bits per heavy atom. The number of fused-ring (bicyclic) bond motifs is 1. The Labute approximate surface area is 224 Å². The van der Waals surface area contributed by atoms with E-state index in [4.69, 9.17) is 0 Å². The SMILES string of the molecule is CCCCc1sc2ccccc2c1C(=O)c1ccc(N(CCN(C)C)S(=O)(=O)c2ccc(C)cc2)cc1. The standard InChI is InChI=1S/C30H34N2O3S2/c1-5-6-10-28-29(26-9-7-8-11-27(26)36-28)30(33)23-14-16-24(17-15-23)32(21-20-31(3)4)37(34,35)25-18-12-22(2)13-19-25/h7-9,11-19H,5-6,10,20-21H2,1-4H3. The van der Waals surface area contributed by atoms with Crippen LogP contribution in [-0.4, -0.2) is 46.3 Å².